The van der Waals surface area contributed by atoms with E-state index in [-0.39, 0.29) is 11.8 Å². The van der Waals surface area contributed by atoms with Crippen molar-refractivity contribution in [2.24, 2.45) is 5.92 Å². The number of carbonyl (C=O) groups excluding carboxylic acids is 1. The number of rotatable bonds is 3. The van der Waals surface area contributed by atoms with E-state index in [1.807, 2.05) is 38.4 Å². The smallest absolute Gasteiger partial charge is 0.229 e. The molecule has 1 amide bonds. The van der Waals surface area contributed by atoms with Crippen LogP contribution in [0.4, 0.5) is 5.69 Å². The summed E-state index contributed by atoms with van der Waals surface area (Å²) in [7, 11) is 3.87. The molecule has 3 nitrogen and oxygen atoms in total. The third kappa shape index (κ3) is 3.57. The minimum Gasteiger partial charge on any atom is -0.317 e. The average Bonchev–Trinajstić information content (AvgIpc) is 2.46. The summed E-state index contributed by atoms with van der Waals surface area (Å²) >= 11 is 3.45. The average molecular weight is 325 g/mol. The lowest BCUT2D eigenvalue weighted by Gasteiger charge is -2.30. The van der Waals surface area contributed by atoms with Crippen molar-refractivity contribution in [2.45, 2.75) is 31.7 Å². The number of nitrogens with one attached hydrogen (secondary N) is 1. The number of amides is 1. The Labute approximate surface area is 123 Å². The summed E-state index contributed by atoms with van der Waals surface area (Å²) < 4.78 is 1.00. The molecule has 1 aliphatic carbocycles. The summed E-state index contributed by atoms with van der Waals surface area (Å²) in [5.41, 5.74) is 0.954. The minimum atomic E-state index is 0.175. The first-order valence-electron chi connectivity index (χ1n) is 6.82. The zero-order valence-corrected chi connectivity index (χ0v) is 13.1. The number of nitrogens with zero attached hydrogens (tertiary/aromatic N) is 1. The normalized spacial score (nSPS) is 23.1. The molecule has 0 radical (unpaired) electrons. The van der Waals surface area contributed by atoms with Gasteiger partial charge in [-0.15, -0.1) is 0 Å². The van der Waals surface area contributed by atoms with Gasteiger partial charge in [-0.3, -0.25) is 4.79 Å². The fourth-order valence-electron chi connectivity index (χ4n) is 2.71. The minimum absolute atomic E-state index is 0.175. The summed E-state index contributed by atoms with van der Waals surface area (Å²) in [6.45, 7) is 0. The van der Waals surface area contributed by atoms with Crippen LogP contribution in [0, 0.1) is 5.92 Å². The third-order valence-corrected chi connectivity index (χ3v) is 4.50. The van der Waals surface area contributed by atoms with Crippen molar-refractivity contribution in [2.75, 3.05) is 19.0 Å². The molecule has 1 aliphatic rings. The summed E-state index contributed by atoms with van der Waals surface area (Å²) in [6.07, 6.45) is 4.17. The molecule has 1 saturated carbocycles. The molecule has 1 aromatic rings. The third-order valence-electron chi connectivity index (χ3n) is 4.01. The van der Waals surface area contributed by atoms with Crippen LogP contribution in [-0.4, -0.2) is 26.0 Å². The molecule has 104 valence electrons. The Morgan fingerprint density at radius 3 is 2.58 bits per heavy atom. The summed E-state index contributed by atoms with van der Waals surface area (Å²) in [5, 5.41) is 3.30. The Morgan fingerprint density at radius 1 is 1.32 bits per heavy atom. The molecule has 4 heteroatoms. The van der Waals surface area contributed by atoms with Gasteiger partial charge in [0.25, 0.3) is 0 Å². The highest BCUT2D eigenvalue weighted by molar-refractivity contribution is 9.10. The molecular weight excluding hydrogens is 304 g/mol. The largest absolute Gasteiger partial charge is 0.317 e. The molecule has 0 unspecified atom stereocenters. The van der Waals surface area contributed by atoms with Gasteiger partial charge in [-0.1, -0.05) is 22.0 Å². The molecule has 1 N–H and O–H groups in total. The van der Waals surface area contributed by atoms with Crippen LogP contribution >= 0.6 is 15.9 Å². The SMILES string of the molecule is CNC1CCC(C(=O)N(C)c2cccc(Br)c2)CC1. The number of hydrogen-bond acceptors (Lipinski definition) is 2. The second-order valence-corrected chi connectivity index (χ2v) is 6.13. The van der Waals surface area contributed by atoms with Crippen LogP contribution in [0.3, 0.4) is 0 Å². The molecule has 19 heavy (non-hydrogen) atoms. The van der Waals surface area contributed by atoms with Crippen molar-refractivity contribution in [3.8, 4) is 0 Å². The van der Waals surface area contributed by atoms with E-state index in [1.54, 1.807) is 4.90 Å². The Kier molecular flexibility index (Phi) is 4.99. The van der Waals surface area contributed by atoms with Gasteiger partial charge in [-0.2, -0.15) is 0 Å². The lowest BCUT2D eigenvalue weighted by Crippen LogP contribution is -2.38. The molecule has 0 atom stereocenters. The van der Waals surface area contributed by atoms with Gasteiger partial charge < -0.3 is 10.2 Å². The lowest BCUT2D eigenvalue weighted by atomic mass is 9.85. The number of halogens is 1. The van der Waals surface area contributed by atoms with Crippen LogP contribution in [0.5, 0.6) is 0 Å². The maximum Gasteiger partial charge on any atom is 0.229 e. The zero-order valence-electron chi connectivity index (χ0n) is 11.5. The maximum atomic E-state index is 12.5. The predicted octanol–water partition coefficient (Wildman–Crippen LogP) is 3.19. The second kappa shape index (κ2) is 6.53. The van der Waals surface area contributed by atoms with Gasteiger partial charge >= 0.3 is 0 Å². The molecule has 1 aromatic carbocycles. The van der Waals surface area contributed by atoms with Crippen molar-refractivity contribution in [1.82, 2.24) is 5.32 Å². The van der Waals surface area contributed by atoms with E-state index < -0.39 is 0 Å². The Hall–Kier alpha value is -0.870. The van der Waals surface area contributed by atoms with Crippen LogP contribution in [0.1, 0.15) is 25.7 Å². The van der Waals surface area contributed by atoms with Gasteiger partial charge in [0.2, 0.25) is 5.91 Å². The van der Waals surface area contributed by atoms with E-state index in [1.165, 1.54) is 0 Å². The summed E-state index contributed by atoms with van der Waals surface area (Å²) in [5.74, 6) is 0.418. The molecule has 0 aromatic heterocycles. The van der Waals surface area contributed by atoms with Crippen molar-refractivity contribution in [3.63, 3.8) is 0 Å². The number of benzene rings is 1. The Balaban J connectivity index is 2.00. The fourth-order valence-corrected chi connectivity index (χ4v) is 3.10. The van der Waals surface area contributed by atoms with Gasteiger partial charge in [-0.25, -0.2) is 0 Å². The highest BCUT2D eigenvalue weighted by atomic mass is 79.9. The highest BCUT2D eigenvalue weighted by Crippen LogP contribution is 2.28. The topological polar surface area (TPSA) is 32.3 Å². The molecule has 0 aliphatic heterocycles. The van der Waals surface area contributed by atoms with E-state index in [9.17, 15) is 4.79 Å². The first-order valence-corrected chi connectivity index (χ1v) is 7.61. The molecule has 0 bridgehead atoms. The first-order chi connectivity index (χ1) is 9.11. The van der Waals surface area contributed by atoms with Crippen LogP contribution in [0.2, 0.25) is 0 Å². The summed E-state index contributed by atoms with van der Waals surface area (Å²) in [6, 6.07) is 8.47. The van der Waals surface area contributed by atoms with Gasteiger partial charge in [0.15, 0.2) is 0 Å². The zero-order chi connectivity index (χ0) is 13.8. The Bertz CT molecular complexity index is 442. The van der Waals surface area contributed by atoms with Gasteiger partial charge in [0.05, 0.1) is 0 Å². The first kappa shape index (κ1) is 14.5. The monoisotopic (exact) mass is 324 g/mol. The number of hydrogen-bond donors (Lipinski definition) is 1. The van der Waals surface area contributed by atoms with Crippen molar-refractivity contribution < 1.29 is 4.79 Å². The van der Waals surface area contributed by atoms with Gasteiger partial charge in [-0.05, 0) is 50.9 Å². The van der Waals surface area contributed by atoms with Crippen LogP contribution in [0.15, 0.2) is 28.7 Å². The molecule has 0 saturated heterocycles. The number of carbonyl (C=O) groups is 1. The molecule has 1 fully saturated rings. The Morgan fingerprint density at radius 2 is 2.00 bits per heavy atom. The van der Waals surface area contributed by atoms with Crippen molar-refractivity contribution in [1.29, 1.82) is 0 Å². The van der Waals surface area contributed by atoms with Crippen LogP contribution in [0.25, 0.3) is 0 Å². The molecule has 0 spiro atoms. The van der Waals surface area contributed by atoms with Crippen molar-refractivity contribution >= 4 is 27.5 Å². The van der Waals surface area contributed by atoms with E-state index in [0.29, 0.717) is 6.04 Å². The summed E-state index contributed by atoms with van der Waals surface area (Å²) in [4.78, 5) is 14.3. The molecular formula is C15H21BrN2O. The van der Waals surface area contributed by atoms with Crippen LogP contribution in [-0.2, 0) is 4.79 Å². The standard InChI is InChI=1S/C15H21BrN2O/c1-17-13-8-6-11(7-9-13)15(19)18(2)14-5-3-4-12(16)10-14/h3-5,10-11,13,17H,6-9H2,1-2H3. The predicted molar refractivity (Wildman–Crippen MR) is 82.4 cm³/mol. The van der Waals surface area contributed by atoms with Gasteiger partial charge in [0, 0.05) is 29.2 Å². The van der Waals surface area contributed by atoms with E-state index in [2.05, 4.69) is 21.2 Å². The van der Waals surface area contributed by atoms with E-state index in [4.69, 9.17) is 0 Å². The number of anilines is 1. The van der Waals surface area contributed by atoms with Gasteiger partial charge in [0.1, 0.15) is 0 Å². The molecule has 0 heterocycles. The molecule has 2 rings (SSSR count). The maximum absolute atomic E-state index is 12.5. The second-order valence-electron chi connectivity index (χ2n) is 5.21. The van der Waals surface area contributed by atoms with Crippen molar-refractivity contribution in [3.05, 3.63) is 28.7 Å². The fraction of sp³-hybridized carbons (Fsp3) is 0.533. The van der Waals surface area contributed by atoms with Crippen LogP contribution < -0.4 is 10.2 Å². The lowest BCUT2D eigenvalue weighted by molar-refractivity contribution is -0.123. The quantitative estimate of drug-likeness (QED) is 0.926. The van der Waals surface area contributed by atoms with E-state index in [0.717, 1.165) is 35.8 Å². The highest BCUT2D eigenvalue weighted by Gasteiger charge is 2.28. The van der Waals surface area contributed by atoms with E-state index >= 15 is 0 Å².